The molecule has 1 aliphatic carbocycles. The van der Waals surface area contributed by atoms with Gasteiger partial charge in [0.25, 0.3) is 0 Å². The van der Waals surface area contributed by atoms with Crippen molar-refractivity contribution in [2.75, 3.05) is 0 Å². The van der Waals surface area contributed by atoms with Crippen molar-refractivity contribution < 1.29 is 9.90 Å². The van der Waals surface area contributed by atoms with Gasteiger partial charge in [-0.05, 0) is 54.5 Å². The molecule has 4 rings (SSSR count). The molecule has 2 aromatic carbocycles. The van der Waals surface area contributed by atoms with Gasteiger partial charge < -0.3 is 9.67 Å². The summed E-state index contributed by atoms with van der Waals surface area (Å²) in [6.45, 7) is 4.08. The molecule has 5 heteroatoms. The number of aromatic nitrogens is 3. The zero-order valence-corrected chi connectivity index (χ0v) is 15.1. The Morgan fingerprint density at radius 2 is 1.92 bits per heavy atom. The molecular weight excluding hydrogens is 326 g/mol. The highest BCUT2D eigenvalue weighted by atomic mass is 16.4. The molecule has 1 heterocycles. The number of hydrogen-bond donors (Lipinski definition) is 1. The standard InChI is InChI=1S/C21H23N3O2/c1-21(2,20(25)26)11-19-23-22-13-24(19)12-15-9-10-17(14-7-8-14)18-6-4-3-5-16(15)18/h3-6,9-10,13-14H,7-8,11-12H2,1-2H3,(H,25,26). The Morgan fingerprint density at radius 1 is 1.19 bits per heavy atom. The van der Waals surface area contributed by atoms with E-state index in [1.54, 1.807) is 20.2 Å². The third-order valence-corrected chi connectivity index (χ3v) is 5.28. The molecule has 0 aliphatic heterocycles. The van der Waals surface area contributed by atoms with Crippen LogP contribution >= 0.6 is 0 Å². The van der Waals surface area contributed by atoms with Crippen molar-refractivity contribution in [1.82, 2.24) is 14.8 Å². The van der Waals surface area contributed by atoms with Crippen molar-refractivity contribution >= 4 is 16.7 Å². The predicted octanol–water partition coefficient (Wildman–Crippen LogP) is 4.01. The summed E-state index contributed by atoms with van der Waals surface area (Å²) < 4.78 is 1.96. The predicted molar refractivity (Wildman–Crippen MR) is 100 cm³/mol. The average molecular weight is 349 g/mol. The highest BCUT2D eigenvalue weighted by Gasteiger charge is 2.30. The molecule has 1 aromatic heterocycles. The van der Waals surface area contributed by atoms with E-state index in [0.29, 0.717) is 24.7 Å². The van der Waals surface area contributed by atoms with Crippen LogP contribution in [0.3, 0.4) is 0 Å². The van der Waals surface area contributed by atoms with Crippen LogP contribution in [0.25, 0.3) is 10.8 Å². The van der Waals surface area contributed by atoms with Crippen LogP contribution in [0.15, 0.2) is 42.7 Å². The number of carboxylic acid groups (broad SMARTS) is 1. The Bertz CT molecular complexity index is 970. The van der Waals surface area contributed by atoms with Gasteiger partial charge in [0.05, 0.1) is 12.0 Å². The van der Waals surface area contributed by atoms with E-state index < -0.39 is 11.4 Å². The first-order valence-electron chi connectivity index (χ1n) is 9.06. The van der Waals surface area contributed by atoms with Gasteiger partial charge in [-0.15, -0.1) is 10.2 Å². The highest BCUT2D eigenvalue weighted by molar-refractivity contribution is 5.89. The molecule has 26 heavy (non-hydrogen) atoms. The maximum Gasteiger partial charge on any atom is 0.309 e. The first-order chi connectivity index (χ1) is 12.5. The normalized spacial score (nSPS) is 14.7. The van der Waals surface area contributed by atoms with Gasteiger partial charge in [-0.25, -0.2) is 0 Å². The van der Waals surface area contributed by atoms with Crippen LogP contribution in [0.1, 0.15) is 49.6 Å². The van der Waals surface area contributed by atoms with Crippen molar-refractivity contribution in [1.29, 1.82) is 0 Å². The third-order valence-electron chi connectivity index (χ3n) is 5.28. The zero-order valence-electron chi connectivity index (χ0n) is 15.1. The van der Waals surface area contributed by atoms with Crippen LogP contribution in [0.4, 0.5) is 0 Å². The number of benzene rings is 2. The third kappa shape index (κ3) is 3.09. The number of carboxylic acids is 1. The molecule has 0 bridgehead atoms. The zero-order chi connectivity index (χ0) is 18.3. The molecule has 0 radical (unpaired) electrons. The summed E-state index contributed by atoms with van der Waals surface area (Å²) in [4.78, 5) is 11.4. The van der Waals surface area contributed by atoms with Crippen molar-refractivity contribution in [3.05, 3.63) is 59.7 Å². The van der Waals surface area contributed by atoms with Gasteiger partial charge in [0.15, 0.2) is 0 Å². The Morgan fingerprint density at radius 3 is 2.62 bits per heavy atom. The summed E-state index contributed by atoms with van der Waals surface area (Å²) >= 11 is 0. The summed E-state index contributed by atoms with van der Waals surface area (Å²) in [6.07, 6.45) is 4.60. The van der Waals surface area contributed by atoms with Gasteiger partial charge >= 0.3 is 5.97 Å². The lowest BCUT2D eigenvalue weighted by Crippen LogP contribution is -2.27. The molecule has 5 nitrogen and oxygen atoms in total. The van der Waals surface area contributed by atoms with Crippen molar-refractivity contribution in [2.45, 2.75) is 45.6 Å². The highest BCUT2D eigenvalue weighted by Crippen LogP contribution is 2.43. The molecule has 0 atom stereocenters. The molecule has 0 amide bonds. The van der Waals surface area contributed by atoms with E-state index in [1.807, 2.05) is 4.57 Å². The number of nitrogens with zero attached hydrogens (tertiary/aromatic N) is 3. The van der Waals surface area contributed by atoms with Crippen molar-refractivity contribution in [2.24, 2.45) is 5.41 Å². The lowest BCUT2D eigenvalue weighted by Gasteiger charge is -2.19. The maximum atomic E-state index is 11.4. The van der Waals surface area contributed by atoms with Gasteiger partial charge in [-0.3, -0.25) is 4.79 Å². The van der Waals surface area contributed by atoms with Crippen LogP contribution in [-0.4, -0.2) is 25.8 Å². The number of aliphatic carboxylic acids is 1. The van der Waals surface area contributed by atoms with E-state index in [1.165, 1.54) is 34.7 Å². The Kier molecular flexibility index (Phi) is 4.02. The van der Waals surface area contributed by atoms with E-state index in [0.717, 1.165) is 0 Å². The van der Waals surface area contributed by atoms with Gasteiger partial charge in [0.1, 0.15) is 12.2 Å². The number of carbonyl (C=O) groups is 1. The Balaban J connectivity index is 1.68. The lowest BCUT2D eigenvalue weighted by molar-refractivity contribution is -0.146. The van der Waals surface area contributed by atoms with Crippen molar-refractivity contribution in [3.63, 3.8) is 0 Å². The van der Waals surface area contributed by atoms with E-state index in [-0.39, 0.29) is 0 Å². The number of hydrogen-bond acceptors (Lipinski definition) is 3. The van der Waals surface area contributed by atoms with Crippen LogP contribution in [0, 0.1) is 5.41 Å². The monoisotopic (exact) mass is 349 g/mol. The van der Waals surface area contributed by atoms with Crippen LogP contribution in [0.2, 0.25) is 0 Å². The summed E-state index contributed by atoms with van der Waals surface area (Å²) in [6, 6.07) is 13.0. The molecule has 0 saturated heterocycles. The molecule has 134 valence electrons. The number of rotatable bonds is 6. The minimum absolute atomic E-state index is 0.348. The first-order valence-corrected chi connectivity index (χ1v) is 9.06. The average Bonchev–Trinajstić information content (AvgIpc) is 3.37. The SMILES string of the molecule is CC(C)(Cc1nncn1Cc1ccc(C2CC2)c2ccccc12)C(=O)O. The fourth-order valence-corrected chi connectivity index (χ4v) is 3.48. The van der Waals surface area contributed by atoms with E-state index in [2.05, 4.69) is 46.6 Å². The Labute approximate surface area is 152 Å². The van der Waals surface area contributed by atoms with Gasteiger partial charge in [-0.2, -0.15) is 0 Å². The summed E-state index contributed by atoms with van der Waals surface area (Å²) in [5, 5.41) is 20.2. The molecule has 1 aliphatic rings. The summed E-state index contributed by atoms with van der Waals surface area (Å²) in [5.74, 6) is 0.579. The van der Waals surface area contributed by atoms with Crippen molar-refractivity contribution in [3.8, 4) is 0 Å². The fraction of sp³-hybridized carbons (Fsp3) is 0.381. The van der Waals surface area contributed by atoms with E-state index in [4.69, 9.17) is 0 Å². The molecule has 0 spiro atoms. The maximum absolute atomic E-state index is 11.4. The quantitative estimate of drug-likeness (QED) is 0.730. The fourth-order valence-electron chi connectivity index (χ4n) is 3.48. The van der Waals surface area contributed by atoms with Gasteiger partial charge in [0, 0.05) is 6.42 Å². The second kappa shape index (κ2) is 6.24. The minimum atomic E-state index is -0.872. The molecule has 1 fully saturated rings. The number of fused-ring (bicyclic) bond motifs is 1. The topological polar surface area (TPSA) is 68.0 Å². The molecule has 0 unspecified atom stereocenters. The van der Waals surface area contributed by atoms with E-state index >= 15 is 0 Å². The van der Waals surface area contributed by atoms with Gasteiger partial charge in [-0.1, -0.05) is 36.4 Å². The summed E-state index contributed by atoms with van der Waals surface area (Å²) in [7, 11) is 0. The van der Waals surface area contributed by atoms with E-state index in [9.17, 15) is 9.90 Å². The molecule has 1 saturated carbocycles. The smallest absolute Gasteiger partial charge is 0.309 e. The summed E-state index contributed by atoms with van der Waals surface area (Å²) in [5.41, 5.74) is 1.78. The molecular formula is C21H23N3O2. The Hall–Kier alpha value is -2.69. The van der Waals surface area contributed by atoms with Crippen LogP contribution in [0.5, 0.6) is 0 Å². The first kappa shape index (κ1) is 16.8. The second-order valence-electron chi connectivity index (χ2n) is 7.87. The van der Waals surface area contributed by atoms with Crippen LogP contribution in [-0.2, 0) is 17.8 Å². The van der Waals surface area contributed by atoms with Crippen LogP contribution < -0.4 is 0 Å². The largest absolute Gasteiger partial charge is 0.481 e. The molecule has 3 aromatic rings. The molecule has 1 N–H and O–H groups in total. The minimum Gasteiger partial charge on any atom is -0.481 e. The lowest BCUT2D eigenvalue weighted by atomic mass is 9.89. The van der Waals surface area contributed by atoms with Gasteiger partial charge in [0.2, 0.25) is 0 Å². The second-order valence-corrected chi connectivity index (χ2v) is 7.87.